The minimum atomic E-state index is -0.426. The van der Waals surface area contributed by atoms with Gasteiger partial charge in [-0.25, -0.2) is 4.79 Å². The number of hydrogen-bond acceptors (Lipinski definition) is 7. The summed E-state index contributed by atoms with van der Waals surface area (Å²) in [5.41, 5.74) is 2.57. The van der Waals surface area contributed by atoms with E-state index in [-0.39, 0.29) is 0 Å². The number of fused-ring (bicyclic) bond motifs is 2. The van der Waals surface area contributed by atoms with Crippen molar-refractivity contribution in [1.29, 1.82) is 0 Å². The number of aryl methyl sites for hydroxylation is 1. The zero-order valence-corrected chi connectivity index (χ0v) is 16.0. The lowest BCUT2D eigenvalue weighted by Gasteiger charge is -2.08. The van der Waals surface area contributed by atoms with E-state index in [0.29, 0.717) is 37.4 Å². The zero-order chi connectivity index (χ0) is 20.3. The molecule has 3 heterocycles. The van der Waals surface area contributed by atoms with E-state index in [1.807, 2.05) is 48.7 Å². The molecule has 9 heteroatoms. The molecule has 3 aromatic heterocycles. The Kier molecular flexibility index (Phi) is 4.68. The Labute approximate surface area is 170 Å². The number of rotatable bonds is 7. The fourth-order valence-electron chi connectivity index (χ4n) is 3.25. The van der Waals surface area contributed by atoms with Gasteiger partial charge >= 0.3 is 5.63 Å². The van der Waals surface area contributed by atoms with Gasteiger partial charge < -0.3 is 9.15 Å². The van der Waals surface area contributed by atoms with Crippen LogP contribution >= 0.6 is 0 Å². The Hall–Kier alpha value is -4.01. The quantitative estimate of drug-likeness (QED) is 0.305. The lowest BCUT2D eigenvalue weighted by atomic mass is 10.2. The summed E-state index contributed by atoms with van der Waals surface area (Å²) in [5.74, 6) is 0.526. The van der Waals surface area contributed by atoms with E-state index >= 15 is 0 Å². The zero-order valence-electron chi connectivity index (χ0n) is 16.0. The molecule has 0 unspecified atom stereocenters. The number of aromatic nitrogens is 6. The molecule has 0 aliphatic rings. The predicted octanol–water partition coefficient (Wildman–Crippen LogP) is 2.65. The molecule has 0 N–H and O–H groups in total. The molecule has 0 fully saturated rings. The molecule has 150 valence electrons. The minimum Gasteiger partial charge on any atom is -0.492 e. The summed E-state index contributed by atoms with van der Waals surface area (Å²) in [6.07, 6.45) is 2.59. The molecule has 0 bridgehead atoms. The van der Waals surface area contributed by atoms with Crippen LogP contribution in [0.1, 0.15) is 12.1 Å². The highest BCUT2D eigenvalue weighted by Gasteiger charge is 2.08. The van der Waals surface area contributed by atoms with Crippen LogP contribution in [-0.4, -0.2) is 36.6 Å². The van der Waals surface area contributed by atoms with Crippen molar-refractivity contribution in [2.75, 3.05) is 6.61 Å². The summed E-state index contributed by atoms with van der Waals surface area (Å²) in [6.45, 7) is 1.53. The van der Waals surface area contributed by atoms with Gasteiger partial charge in [-0.15, -0.1) is 5.10 Å². The first-order chi connectivity index (χ1) is 14.7. The van der Waals surface area contributed by atoms with Crippen molar-refractivity contribution in [3.05, 3.63) is 76.9 Å². The third-order valence-corrected chi connectivity index (χ3v) is 4.62. The van der Waals surface area contributed by atoms with Gasteiger partial charge in [0, 0.05) is 13.0 Å². The van der Waals surface area contributed by atoms with E-state index < -0.39 is 5.63 Å². The Bertz CT molecular complexity index is 1340. The van der Waals surface area contributed by atoms with Gasteiger partial charge in [0.05, 0.1) is 24.3 Å². The first-order valence-corrected chi connectivity index (χ1v) is 9.59. The van der Waals surface area contributed by atoms with Crippen molar-refractivity contribution in [2.45, 2.75) is 19.5 Å². The van der Waals surface area contributed by atoms with Gasteiger partial charge in [-0.2, -0.15) is 15.0 Å². The molecule has 2 aromatic carbocycles. The van der Waals surface area contributed by atoms with Crippen LogP contribution in [0.4, 0.5) is 0 Å². The molecule has 0 spiro atoms. The normalized spacial score (nSPS) is 11.3. The molecular formula is C21H18N6O3. The molecule has 5 rings (SSSR count). The van der Waals surface area contributed by atoms with Crippen LogP contribution in [0.25, 0.3) is 22.0 Å². The molecule has 5 aromatic rings. The molecule has 0 aliphatic carbocycles. The van der Waals surface area contributed by atoms with Gasteiger partial charge in [0.25, 0.3) is 0 Å². The number of nitrogens with zero attached hydrogens (tertiary/aromatic N) is 6. The van der Waals surface area contributed by atoms with Crippen molar-refractivity contribution < 1.29 is 9.15 Å². The smallest absolute Gasteiger partial charge is 0.339 e. The molecule has 0 radical (unpaired) electrons. The first-order valence-electron chi connectivity index (χ1n) is 9.59. The van der Waals surface area contributed by atoms with E-state index in [0.717, 1.165) is 22.1 Å². The van der Waals surface area contributed by atoms with Crippen LogP contribution in [0, 0.1) is 0 Å². The second kappa shape index (κ2) is 7.78. The van der Waals surface area contributed by atoms with Gasteiger partial charge in [0.2, 0.25) is 0 Å². The van der Waals surface area contributed by atoms with Crippen LogP contribution in [0.5, 0.6) is 5.75 Å². The summed E-state index contributed by atoms with van der Waals surface area (Å²) in [6, 6.07) is 16.4. The Morgan fingerprint density at radius 3 is 2.60 bits per heavy atom. The van der Waals surface area contributed by atoms with Gasteiger partial charge in [-0.3, -0.25) is 4.68 Å². The summed E-state index contributed by atoms with van der Waals surface area (Å²) < 4.78 is 12.8. The number of para-hydroxylation sites is 1. The molecule has 30 heavy (non-hydrogen) atoms. The first kappa shape index (κ1) is 18.0. The fraction of sp³-hybridized carbons (Fsp3) is 0.190. The SMILES string of the molecule is O=c1cc(OCCCn2cc(Cn3nc4ccccc4n3)nn2)c2ccccc2o1. The van der Waals surface area contributed by atoms with Crippen LogP contribution < -0.4 is 10.4 Å². The predicted molar refractivity (Wildman–Crippen MR) is 109 cm³/mol. The highest BCUT2D eigenvalue weighted by atomic mass is 16.5. The van der Waals surface area contributed by atoms with Crippen LogP contribution in [0.3, 0.4) is 0 Å². The number of ether oxygens (including phenoxy) is 1. The third-order valence-electron chi connectivity index (χ3n) is 4.62. The van der Waals surface area contributed by atoms with Gasteiger partial charge in [0.1, 0.15) is 34.6 Å². The Balaban J connectivity index is 1.18. The van der Waals surface area contributed by atoms with Crippen molar-refractivity contribution >= 4 is 22.0 Å². The van der Waals surface area contributed by atoms with E-state index in [1.165, 1.54) is 6.07 Å². The molecule has 9 nitrogen and oxygen atoms in total. The van der Waals surface area contributed by atoms with Crippen LogP contribution in [0.15, 0.2) is 70.0 Å². The third kappa shape index (κ3) is 3.77. The van der Waals surface area contributed by atoms with E-state index in [4.69, 9.17) is 9.15 Å². The van der Waals surface area contributed by atoms with Crippen molar-refractivity contribution in [3.8, 4) is 5.75 Å². The minimum absolute atomic E-state index is 0.426. The topological polar surface area (TPSA) is 101 Å². The molecule has 0 amide bonds. The highest BCUT2D eigenvalue weighted by molar-refractivity contribution is 5.82. The van der Waals surface area contributed by atoms with Crippen LogP contribution in [0.2, 0.25) is 0 Å². The second-order valence-electron chi connectivity index (χ2n) is 6.82. The largest absolute Gasteiger partial charge is 0.492 e. The second-order valence-corrected chi connectivity index (χ2v) is 6.82. The summed E-state index contributed by atoms with van der Waals surface area (Å²) >= 11 is 0. The van der Waals surface area contributed by atoms with E-state index in [2.05, 4.69) is 20.5 Å². The number of benzene rings is 2. The Morgan fingerprint density at radius 1 is 1.00 bits per heavy atom. The highest BCUT2D eigenvalue weighted by Crippen LogP contribution is 2.23. The molecule has 0 saturated carbocycles. The van der Waals surface area contributed by atoms with Crippen molar-refractivity contribution in [1.82, 2.24) is 30.0 Å². The lowest BCUT2D eigenvalue weighted by molar-refractivity contribution is 0.299. The maximum absolute atomic E-state index is 11.7. The van der Waals surface area contributed by atoms with Crippen molar-refractivity contribution in [3.63, 3.8) is 0 Å². The number of hydrogen-bond donors (Lipinski definition) is 0. The molecule has 0 atom stereocenters. The fourth-order valence-corrected chi connectivity index (χ4v) is 3.25. The lowest BCUT2D eigenvalue weighted by Crippen LogP contribution is -2.07. The van der Waals surface area contributed by atoms with Gasteiger partial charge in [-0.05, 0) is 24.3 Å². The van der Waals surface area contributed by atoms with Crippen LogP contribution in [-0.2, 0) is 13.1 Å². The monoisotopic (exact) mass is 402 g/mol. The van der Waals surface area contributed by atoms with Gasteiger partial charge in [0.15, 0.2) is 0 Å². The van der Waals surface area contributed by atoms with E-state index in [9.17, 15) is 4.79 Å². The summed E-state index contributed by atoms with van der Waals surface area (Å²) in [5, 5.41) is 18.0. The molecular weight excluding hydrogens is 384 g/mol. The average molecular weight is 402 g/mol. The standard InChI is InChI=1S/C21H18N6O3/c28-21-12-20(16-6-1-4-9-19(16)30-21)29-11-5-10-26-13-15(22-25-26)14-27-23-17-7-2-3-8-18(17)24-27/h1-4,6-9,12-13H,5,10-11,14H2. The maximum Gasteiger partial charge on any atom is 0.339 e. The van der Waals surface area contributed by atoms with Gasteiger partial charge in [-0.1, -0.05) is 29.5 Å². The molecule has 0 saturated heterocycles. The van der Waals surface area contributed by atoms with Crippen molar-refractivity contribution in [2.24, 2.45) is 0 Å². The average Bonchev–Trinajstić information content (AvgIpc) is 3.37. The Morgan fingerprint density at radius 2 is 1.77 bits per heavy atom. The van der Waals surface area contributed by atoms with E-state index in [1.54, 1.807) is 15.5 Å². The summed E-state index contributed by atoms with van der Waals surface area (Å²) in [4.78, 5) is 13.3. The summed E-state index contributed by atoms with van der Waals surface area (Å²) in [7, 11) is 0. The maximum atomic E-state index is 11.7. The molecule has 0 aliphatic heterocycles.